The Labute approximate surface area is 145 Å². The van der Waals surface area contributed by atoms with Crippen molar-refractivity contribution in [2.75, 3.05) is 21.3 Å². The van der Waals surface area contributed by atoms with Crippen LogP contribution in [0, 0.1) is 0 Å². The first-order chi connectivity index (χ1) is 12.2. The number of hydrogen-bond acceptors (Lipinski definition) is 6. The summed E-state index contributed by atoms with van der Waals surface area (Å²) >= 11 is 0. The first kappa shape index (κ1) is 16.6. The molecule has 6 nitrogen and oxygen atoms in total. The zero-order valence-electron chi connectivity index (χ0n) is 14.1. The van der Waals surface area contributed by atoms with E-state index in [1.54, 1.807) is 18.2 Å². The van der Waals surface area contributed by atoms with Crippen molar-refractivity contribution in [1.29, 1.82) is 0 Å². The number of cyclic esters (lactones) is 1. The molecule has 0 spiro atoms. The minimum atomic E-state index is -0.507. The number of methoxy groups -OCH3 is 3. The summed E-state index contributed by atoms with van der Waals surface area (Å²) in [5.41, 5.74) is 1.62. The lowest BCUT2D eigenvalue weighted by Gasteiger charge is -2.12. The number of rotatable bonds is 5. The molecule has 0 aromatic heterocycles. The van der Waals surface area contributed by atoms with Crippen molar-refractivity contribution in [3.63, 3.8) is 0 Å². The number of carbonyl (C=O) groups excluding carboxylic acids is 1. The third-order valence-corrected chi connectivity index (χ3v) is 3.63. The van der Waals surface area contributed by atoms with Crippen LogP contribution in [0.1, 0.15) is 11.1 Å². The molecule has 0 unspecified atom stereocenters. The number of aliphatic imine (C=N–C) groups is 1. The van der Waals surface area contributed by atoms with Crippen LogP contribution in [0.3, 0.4) is 0 Å². The lowest BCUT2D eigenvalue weighted by atomic mass is 10.1. The predicted molar refractivity (Wildman–Crippen MR) is 93.1 cm³/mol. The second kappa shape index (κ2) is 7.09. The van der Waals surface area contributed by atoms with E-state index < -0.39 is 5.97 Å². The van der Waals surface area contributed by atoms with E-state index in [2.05, 4.69) is 4.99 Å². The highest BCUT2D eigenvalue weighted by molar-refractivity contribution is 6.12. The van der Waals surface area contributed by atoms with Gasteiger partial charge >= 0.3 is 5.97 Å². The molecule has 0 N–H and O–H groups in total. The molecule has 3 rings (SSSR count). The molecule has 0 bridgehead atoms. The average Bonchev–Trinajstić information content (AvgIpc) is 3.02. The zero-order valence-corrected chi connectivity index (χ0v) is 14.1. The van der Waals surface area contributed by atoms with E-state index in [1.165, 1.54) is 21.3 Å². The molecular formula is C19H17NO5. The van der Waals surface area contributed by atoms with Crippen molar-refractivity contribution in [2.45, 2.75) is 0 Å². The first-order valence-electron chi connectivity index (χ1n) is 7.54. The lowest BCUT2D eigenvalue weighted by Crippen LogP contribution is -2.05. The van der Waals surface area contributed by atoms with Gasteiger partial charge < -0.3 is 18.9 Å². The van der Waals surface area contributed by atoms with Crippen molar-refractivity contribution in [2.24, 2.45) is 4.99 Å². The van der Waals surface area contributed by atoms with Crippen LogP contribution >= 0.6 is 0 Å². The fraction of sp³-hybridized carbons (Fsp3) is 0.158. The van der Waals surface area contributed by atoms with Gasteiger partial charge in [0.1, 0.15) is 0 Å². The second-order valence-corrected chi connectivity index (χ2v) is 5.16. The van der Waals surface area contributed by atoms with Gasteiger partial charge in [0.05, 0.1) is 21.3 Å². The van der Waals surface area contributed by atoms with Crippen molar-refractivity contribution in [3.8, 4) is 17.2 Å². The Hall–Kier alpha value is -3.28. The van der Waals surface area contributed by atoms with Gasteiger partial charge in [-0.15, -0.1) is 0 Å². The Bertz CT molecular complexity index is 830. The Morgan fingerprint density at radius 1 is 0.960 bits per heavy atom. The summed E-state index contributed by atoms with van der Waals surface area (Å²) in [6.07, 6.45) is 1.61. The van der Waals surface area contributed by atoms with E-state index in [-0.39, 0.29) is 11.6 Å². The molecule has 2 aromatic carbocycles. The molecule has 0 radical (unpaired) electrons. The largest absolute Gasteiger partial charge is 0.493 e. The van der Waals surface area contributed by atoms with Crippen LogP contribution in [0.4, 0.5) is 0 Å². The van der Waals surface area contributed by atoms with Crippen LogP contribution in [0.2, 0.25) is 0 Å². The molecule has 0 fully saturated rings. The predicted octanol–water partition coefficient (Wildman–Crippen LogP) is 3.06. The number of benzene rings is 2. The van der Waals surface area contributed by atoms with E-state index in [9.17, 15) is 4.79 Å². The molecule has 25 heavy (non-hydrogen) atoms. The van der Waals surface area contributed by atoms with Crippen LogP contribution in [0.5, 0.6) is 17.2 Å². The van der Waals surface area contributed by atoms with Gasteiger partial charge in [-0.05, 0) is 35.9 Å². The molecule has 1 aliphatic rings. The maximum Gasteiger partial charge on any atom is 0.363 e. The SMILES string of the molecule is COc1cc(/C=C2/N=C(c3ccccc3)OC2=O)cc(OC)c1OC. The van der Waals surface area contributed by atoms with Crippen molar-refractivity contribution >= 4 is 17.9 Å². The highest BCUT2D eigenvalue weighted by Gasteiger charge is 2.24. The topological polar surface area (TPSA) is 66.4 Å². The molecule has 0 aliphatic carbocycles. The van der Waals surface area contributed by atoms with E-state index in [0.717, 1.165) is 5.56 Å². The molecule has 0 atom stereocenters. The summed E-state index contributed by atoms with van der Waals surface area (Å²) in [5.74, 6) is 1.24. The maximum absolute atomic E-state index is 12.1. The van der Waals surface area contributed by atoms with Gasteiger partial charge in [-0.3, -0.25) is 0 Å². The van der Waals surface area contributed by atoms with Gasteiger partial charge in [0.15, 0.2) is 17.2 Å². The van der Waals surface area contributed by atoms with Crippen LogP contribution in [0.25, 0.3) is 6.08 Å². The van der Waals surface area contributed by atoms with Crippen LogP contribution < -0.4 is 14.2 Å². The number of esters is 1. The van der Waals surface area contributed by atoms with E-state index in [4.69, 9.17) is 18.9 Å². The van der Waals surface area contributed by atoms with Crippen LogP contribution in [-0.4, -0.2) is 33.2 Å². The fourth-order valence-electron chi connectivity index (χ4n) is 2.46. The minimum absolute atomic E-state index is 0.202. The number of hydrogen-bond donors (Lipinski definition) is 0. The zero-order chi connectivity index (χ0) is 17.8. The number of nitrogens with zero attached hydrogens (tertiary/aromatic N) is 1. The Morgan fingerprint density at radius 3 is 2.16 bits per heavy atom. The number of ether oxygens (including phenoxy) is 4. The van der Waals surface area contributed by atoms with E-state index in [1.807, 2.05) is 30.3 Å². The summed E-state index contributed by atoms with van der Waals surface area (Å²) in [5, 5.41) is 0. The molecule has 1 aliphatic heterocycles. The molecule has 2 aromatic rings. The maximum atomic E-state index is 12.1. The summed E-state index contributed by atoms with van der Waals surface area (Å²) in [7, 11) is 4.59. The molecule has 1 heterocycles. The Morgan fingerprint density at radius 2 is 1.60 bits per heavy atom. The van der Waals surface area contributed by atoms with Crippen molar-refractivity contribution < 1.29 is 23.7 Å². The molecule has 0 saturated carbocycles. The molecule has 128 valence electrons. The monoisotopic (exact) mass is 339 g/mol. The molecule has 0 amide bonds. The van der Waals surface area contributed by atoms with Crippen molar-refractivity contribution in [1.82, 2.24) is 0 Å². The molecule has 6 heteroatoms. The standard InChI is InChI=1S/C19H17NO5/c1-22-15-10-12(11-16(23-2)17(15)24-3)9-14-19(21)25-18(20-14)13-7-5-4-6-8-13/h4-11H,1-3H3/b14-9+. The van der Waals surface area contributed by atoms with Gasteiger partial charge in [-0.2, -0.15) is 0 Å². The number of carbonyl (C=O) groups is 1. The lowest BCUT2D eigenvalue weighted by molar-refractivity contribution is -0.129. The van der Waals surface area contributed by atoms with Gasteiger partial charge in [-0.1, -0.05) is 18.2 Å². The average molecular weight is 339 g/mol. The summed E-state index contributed by atoms with van der Waals surface area (Å²) in [4.78, 5) is 16.4. The smallest absolute Gasteiger partial charge is 0.363 e. The summed E-state index contributed by atoms with van der Waals surface area (Å²) in [6.45, 7) is 0. The normalized spacial score (nSPS) is 14.9. The summed E-state index contributed by atoms with van der Waals surface area (Å²) < 4.78 is 21.2. The fourth-order valence-corrected chi connectivity index (χ4v) is 2.46. The van der Waals surface area contributed by atoms with Gasteiger partial charge in [0.25, 0.3) is 0 Å². The Balaban J connectivity index is 2.00. The summed E-state index contributed by atoms with van der Waals surface area (Å²) in [6, 6.07) is 12.7. The van der Waals surface area contributed by atoms with Crippen molar-refractivity contribution in [3.05, 3.63) is 59.3 Å². The van der Waals surface area contributed by atoms with Gasteiger partial charge in [0, 0.05) is 5.56 Å². The first-order valence-corrected chi connectivity index (χ1v) is 7.54. The Kier molecular flexibility index (Phi) is 4.70. The van der Waals surface area contributed by atoms with E-state index in [0.29, 0.717) is 22.8 Å². The van der Waals surface area contributed by atoms with Crippen LogP contribution in [0.15, 0.2) is 53.2 Å². The quantitative estimate of drug-likeness (QED) is 0.619. The highest BCUT2D eigenvalue weighted by Crippen LogP contribution is 2.39. The molecule has 0 saturated heterocycles. The third-order valence-electron chi connectivity index (χ3n) is 3.63. The van der Waals surface area contributed by atoms with Crippen LogP contribution in [-0.2, 0) is 9.53 Å². The minimum Gasteiger partial charge on any atom is -0.493 e. The highest BCUT2D eigenvalue weighted by atomic mass is 16.6. The molecular weight excluding hydrogens is 322 g/mol. The van der Waals surface area contributed by atoms with E-state index >= 15 is 0 Å². The second-order valence-electron chi connectivity index (χ2n) is 5.16. The van der Waals surface area contributed by atoms with Gasteiger partial charge in [0.2, 0.25) is 11.6 Å². The van der Waals surface area contributed by atoms with Gasteiger partial charge in [-0.25, -0.2) is 9.79 Å². The third kappa shape index (κ3) is 3.33.